The van der Waals surface area contributed by atoms with Crippen molar-refractivity contribution < 1.29 is 13.5 Å². The predicted octanol–water partition coefficient (Wildman–Crippen LogP) is 5.40. The van der Waals surface area contributed by atoms with E-state index in [0.717, 1.165) is 57.2 Å². The Balaban J connectivity index is 0.000000628. The zero-order chi connectivity index (χ0) is 22.4. The number of benzene rings is 1. The third-order valence-electron chi connectivity index (χ3n) is 5.52. The summed E-state index contributed by atoms with van der Waals surface area (Å²) >= 11 is 6.42. The van der Waals surface area contributed by atoms with Gasteiger partial charge in [-0.3, -0.25) is 0 Å². The maximum absolute atomic E-state index is 14.9. The highest BCUT2D eigenvalue weighted by Crippen LogP contribution is 2.42. The molecular formula is C22H28ClF2N5O. The number of nitrogens with zero attached hydrogens (tertiary/aromatic N) is 4. The van der Waals surface area contributed by atoms with Gasteiger partial charge in [-0.2, -0.15) is 15.1 Å². The highest BCUT2D eigenvalue weighted by Gasteiger charge is 2.29. The highest BCUT2D eigenvalue weighted by molar-refractivity contribution is 6.32. The molecule has 3 aromatic rings. The molecule has 0 amide bonds. The van der Waals surface area contributed by atoms with E-state index in [9.17, 15) is 8.78 Å². The lowest BCUT2D eigenvalue weighted by Gasteiger charge is -2.21. The summed E-state index contributed by atoms with van der Waals surface area (Å²) in [6.45, 7) is 3.14. The third-order valence-corrected chi connectivity index (χ3v) is 5.79. The number of nitrogens with one attached hydrogen (secondary N) is 1. The van der Waals surface area contributed by atoms with Crippen LogP contribution in [0.5, 0.6) is 5.75 Å². The highest BCUT2D eigenvalue weighted by atomic mass is 35.5. The van der Waals surface area contributed by atoms with Gasteiger partial charge in [0.15, 0.2) is 0 Å². The molecule has 2 heterocycles. The van der Waals surface area contributed by atoms with Crippen LogP contribution in [0.2, 0.25) is 5.15 Å². The van der Waals surface area contributed by atoms with Crippen molar-refractivity contribution >= 4 is 17.4 Å². The summed E-state index contributed by atoms with van der Waals surface area (Å²) in [6.07, 6.45) is 7.58. The number of methoxy groups -OCH3 is 1. The van der Waals surface area contributed by atoms with Gasteiger partial charge in [-0.05, 0) is 26.4 Å². The summed E-state index contributed by atoms with van der Waals surface area (Å²) in [7, 11) is 3.29. The van der Waals surface area contributed by atoms with E-state index in [-0.39, 0.29) is 27.9 Å². The molecule has 9 heteroatoms. The monoisotopic (exact) mass is 451 g/mol. The van der Waals surface area contributed by atoms with Crippen LogP contribution >= 0.6 is 11.6 Å². The molecule has 1 aliphatic carbocycles. The van der Waals surface area contributed by atoms with Gasteiger partial charge in [-0.15, -0.1) is 0 Å². The van der Waals surface area contributed by atoms with Crippen molar-refractivity contribution in [2.24, 2.45) is 0 Å². The van der Waals surface area contributed by atoms with Crippen molar-refractivity contribution in [3.8, 4) is 16.9 Å². The van der Waals surface area contributed by atoms with Crippen molar-refractivity contribution in [1.82, 2.24) is 24.9 Å². The molecule has 31 heavy (non-hydrogen) atoms. The smallest absolute Gasteiger partial charge is 0.253 e. The van der Waals surface area contributed by atoms with Crippen LogP contribution in [0.4, 0.5) is 8.78 Å². The number of hydrogen-bond donors (Lipinski definition) is 1. The molecule has 0 atom stereocenters. The van der Waals surface area contributed by atoms with E-state index in [0.29, 0.717) is 11.5 Å². The van der Waals surface area contributed by atoms with Crippen molar-refractivity contribution in [3.05, 3.63) is 40.9 Å². The number of aromatic nitrogens is 4. The Morgan fingerprint density at radius 1 is 1.13 bits per heavy atom. The lowest BCUT2D eigenvalue weighted by molar-refractivity contribution is 0.407. The van der Waals surface area contributed by atoms with Gasteiger partial charge in [0.2, 0.25) is 0 Å². The zero-order valence-electron chi connectivity index (χ0n) is 18.1. The molecule has 1 aromatic carbocycles. The largest absolute Gasteiger partial charge is 0.497 e. The Morgan fingerprint density at radius 2 is 1.74 bits per heavy atom. The molecule has 1 fully saturated rings. The van der Waals surface area contributed by atoms with Gasteiger partial charge in [0.1, 0.15) is 28.9 Å². The summed E-state index contributed by atoms with van der Waals surface area (Å²) in [5.74, 6) is -0.976. The van der Waals surface area contributed by atoms with Crippen molar-refractivity contribution in [3.63, 3.8) is 0 Å². The SMILES string of the molecule is CCNC.COc1cc(F)c(-c2c(Cl)nc3ncnn3c2C2CCCCCC2)c(F)c1. The molecule has 0 unspecified atom stereocenters. The second kappa shape index (κ2) is 10.8. The van der Waals surface area contributed by atoms with E-state index in [4.69, 9.17) is 16.3 Å². The zero-order valence-corrected chi connectivity index (χ0v) is 18.8. The number of ether oxygens (including phenoxy) is 1. The summed E-state index contributed by atoms with van der Waals surface area (Å²) in [4.78, 5) is 8.32. The molecule has 6 nitrogen and oxygen atoms in total. The van der Waals surface area contributed by atoms with Gasteiger partial charge in [0.25, 0.3) is 5.78 Å². The first-order valence-corrected chi connectivity index (χ1v) is 11.0. The molecule has 1 aliphatic rings. The molecule has 1 N–H and O–H groups in total. The summed E-state index contributed by atoms with van der Waals surface area (Å²) in [6, 6.07) is 2.30. The number of halogens is 3. The van der Waals surface area contributed by atoms with E-state index in [1.807, 2.05) is 7.05 Å². The lowest BCUT2D eigenvalue weighted by atomic mass is 9.90. The van der Waals surface area contributed by atoms with Gasteiger partial charge in [0.05, 0.1) is 18.4 Å². The van der Waals surface area contributed by atoms with Gasteiger partial charge in [-0.25, -0.2) is 13.3 Å². The van der Waals surface area contributed by atoms with Crippen LogP contribution < -0.4 is 10.1 Å². The number of rotatable bonds is 4. The van der Waals surface area contributed by atoms with Crippen LogP contribution in [-0.2, 0) is 0 Å². The average molecular weight is 452 g/mol. The normalized spacial score (nSPS) is 14.8. The molecule has 0 aliphatic heterocycles. The molecule has 0 radical (unpaired) electrons. The van der Waals surface area contributed by atoms with Gasteiger partial charge in [0, 0.05) is 23.6 Å². The van der Waals surface area contributed by atoms with Gasteiger partial charge < -0.3 is 10.1 Å². The molecule has 1 saturated carbocycles. The average Bonchev–Trinajstić information content (AvgIpc) is 3.05. The number of fused-ring (bicyclic) bond motifs is 1. The standard InChI is InChI=1S/C19H19ClF2N4O.C3H9N/c1-27-12-8-13(21)15(14(22)9-12)16-17(11-6-4-2-3-5-7-11)26-19(23-10-24-26)25-18(16)20;1-3-4-2/h8-11H,2-7H2,1H3;4H,3H2,1-2H3. The Bertz CT molecular complexity index is 994. The van der Waals surface area contributed by atoms with Crippen LogP contribution in [0, 0.1) is 11.6 Å². The molecule has 0 saturated heterocycles. The molecule has 168 valence electrons. The minimum atomic E-state index is -0.745. The fraction of sp³-hybridized carbons (Fsp3) is 0.500. The van der Waals surface area contributed by atoms with E-state index < -0.39 is 11.6 Å². The minimum Gasteiger partial charge on any atom is -0.497 e. The van der Waals surface area contributed by atoms with Crippen molar-refractivity contribution in [2.45, 2.75) is 51.4 Å². The van der Waals surface area contributed by atoms with Crippen molar-refractivity contribution in [1.29, 1.82) is 0 Å². The second-order valence-electron chi connectivity index (χ2n) is 7.50. The Labute approximate surface area is 186 Å². The molecule has 4 rings (SSSR count). The van der Waals surface area contributed by atoms with Gasteiger partial charge >= 0.3 is 0 Å². The maximum Gasteiger partial charge on any atom is 0.253 e. The Kier molecular flexibility index (Phi) is 8.15. The fourth-order valence-corrected chi connectivity index (χ4v) is 4.17. The lowest BCUT2D eigenvalue weighted by Crippen LogP contribution is -2.12. The quantitative estimate of drug-likeness (QED) is 0.425. The van der Waals surface area contributed by atoms with Crippen LogP contribution in [0.1, 0.15) is 57.1 Å². The fourth-order valence-electron chi connectivity index (χ4n) is 3.90. The van der Waals surface area contributed by atoms with E-state index in [1.54, 1.807) is 4.52 Å². The first-order chi connectivity index (χ1) is 15.0. The van der Waals surface area contributed by atoms with Crippen LogP contribution in [0.3, 0.4) is 0 Å². The maximum atomic E-state index is 14.9. The molecule has 0 bridgehead atoms. The Morgan fingerprint density at radius 3 is 2.29 bits per heavy atom. The third kappa shape index (κ3) is 5.13. The number of hydrogen-bond acceptors (Lipinski definition) is 5. The molecule has 2 aromatic heterocycles. The molecular weight excluding hydrogens is 424 g/mol. The minimum absolute atomic E-state index is 0.0257. The van der Waals surface area contributed by atoms with E-state index in [1.165, 1.54) is 13.4 Å². The first-order valence-electron chi connectivity index (χ1n) is 10.6. The summed E-state index contributed by atoms with van der Waals surface area (Å²) < 4.78 is 36.3. The first kappa shape index (κ1) is 23.3. The van der Waals surface area contributed by atoms with E-state index in [2.05, 4.69) is 27.3 Å². The van der Waals surface area contributed by atoms with Crippen molar-refractivity contribution in [2.75, 3.05) is 20.7 Å². The Hall–Kier alpha value is -2.32. The second-order valence-corrected chi connectivity index (χ2v) is 7.85. The van der Waals surface area contributed by atoms with E-state index >= 15 is 0 Å². The predicted molar refractivity (Wildman–Crippen MR) is 118 cm³/mol. The van der Waals surface area contributed by atoms with Gasteiger partial charge in [-0.1, -0.05) is 44.2 Å². The topological polar surface area (TPSA) is 64.3 Å². The molecule has 0 spiro atoms. The summed E-state index contributed by atoms with van der Waals surface area (Å²) in [5, 5.41) is 7.22. The summed E-state index contributed by atoms with van der Waals surface area (Å²) in [5.41, 5.74) is 0.719. The van der Waals surface area contributed by atoms with Crippen LogP contribution in [-0.4, -0.2) is 40.3 Å². The van der Waals surface area contributed by atoms with Crippen LogP contribution in [0.25, 0.3) is 16.9 Å². The van der Waals surface area contributed by atoms with Crippen LogP contribution in [0.15, 0.2) is 18.5 Å².